The molecular formula is C8H18O4. The van der Waals surface area contributed by atoms with Crippen LogP contribution in [0.2, 0.25) is 0 Å². The molecule has 0 aliphatic heterocycles. The van der Waals surface area contributed by atoms with Crippen molar-refractivity contribution in [2.45, 2.75) is 32.3 Å². The fourth-order valence-corrected chi connectivity index (χ4v) is 0.891. The number of hydrogen-bond acceptors (Lipinski definition) is 4. The summed E-state index contributed by atoms with van der Waals surface area (Å²) in [6, 6.07) is 0. The topological polar surface area (TPSA) is 58.9 Å². The molecule has 0 aromatic carbocycles. The van der Waals surface area contributed by atoms with Crippen molar-refractivity contribution >= 4 is 0 Å². The fourth-order valence-electron chi connectivity index (χ4n) is 0.891. The largest absolute Gasteiger partial charge is 0.387 e. The molecule has 0 spiro atoms. The van der Waals surface area contributed by atoms with Gasteiger partial charge in [-0.2, -0.15) is 0 Å². The van der Waals surface area contributed by atoms with Crippen LogP contribution in [-0.2, 0) is 9.47 Å². The SMILES string of the molecule is COC(C)C(C)C(O)C(O)OC. The maximum atomic E-state index is 9.43. The van der Waals surface area contributed by atoms with Gasteiger partial charge in [-0.1, -0.05) is 6.92 Å². The monoisotopic (exact) mass is 178 g/mol. The van der Waals surface area contributed by atoms with Crippen LogP contribution in [0.15, 0.2) is 0 Å². The second kappa shape index (κ2) is 5.48. The van der Waals surface area contributed by atoms with Gasteiger partial charge < -0.3 is 19.7 Å². The van der Waals surface area contributed by atoms with Gasteiger partial charge >= 0.3 is 0 Å². The third kappa shape index (κ3) is 3.06. The molecule has 0 aromatic rings. The average molecular weight is 178 g/mol. The molecule has 4 atom stereocenters. The maximum absolute atomic E-state index is 9.43. The molecule has 74 valence electrons. The number of aliphatic hydroxyl groups is 2. The van der Waals surface area contributed by atoms with Crippen LogP contribution in [0.3, 0.4) is 0 Å². The fraction of sp³-hybridized carbons (Fsp3) is 1.00. The molecule has 0 heterocycles. The zero-order valence-electron chi connectivity index (χ0n) is 8.02. The molecule has 4 unspecified atom stereocenters. The molecule has 0 aliphatic carbocycles. The van der Waals surface area contributed by atoms with Gasteiger partial charge in [-0.3, -0.25) is 0 Å². The van der Waals surface area contributed by atoms with E-state index in [0.717, 1.165) is 0 Å². The van der Waals surface area contributed by atoms with E-state index in [4.69, 9.17) is 9.84 Å². The first-order valence-corrected chi connectivity index (χ1v) is 3.96. The lowest BCUT2D eigenvalue weighted by Crippen LogP contribution is -2.38. The van der Waals surface area contributed by atoms with Gasteiger partial charge in [-0.05, 0) is 6.92 Å². The van der Waals surface area contributed by atoms with Gasteiger partial charge in [0, 0.05) is 20.1 Å². The maximum Gasteiger partial charge on any atom is 0.180 e. The smallest absolute Gasteiger partial charge is 0.180 e. The van der Waals surface area contributed by atoms with E-state index < -0.39 is 12.4 Å². The summed E-state index contributed by atoms with van der Waals surface area (Å²) in [5.41, 5.74) is 0. The van der Waals surface area contributed by atoms with Crippen LogP contribution < -0.4 is 0 Å². The quantitative estimate of drug-likeness (QED) is 0.581. The Balaban J connectivity index is 3.99. The van der Waals surface area contributed by atoms with Gasteiger partial charge in [-0.25, -0.2) is 0 Å². The van der Waals surface area contributed by atoms with E-state index in [2.05, 4.69) is 4.74 Å². The zero-order valence-corrected chi connectivity index (χ0v) is 8.02. The molecule has 0 rings (SSSR count). The molecule has 0 amide bonds. The summed E-state index contributed by atoms with van der Waals surface area (Å²) in [6.07, 6.45) is -2.16. The van der Waals surface area contributed by atoms with Crippen LogP contribution in [-0.4, -0.2) is 42.9 Å². The normalized spacial score (nSPS) is 21.5. The molecule has 0 saturated carbocycles. The van der Waals surface area contributed by atoms with Crippen LogP contribution in [0.25, 0.3) is 0 Å². The minimum Gasteiger partial charge on any atom is -0.387 e. The lowest BCUT2D eigenvalue weighted by molar-refractivity contribution is -0.170. The highest BCUT2D eigenvalue weighted by atomic mass is 16.6. The lowest BCUT2D eigenvalue weighted by Gasteiger charge is -2.26. The molecule has 0 fully saturated rings. The summed E-state index contributed by atoms with van der Waals surface area (Å²) in [6.45, 7) is 3.62. The van der Waals surface area contributed by atoms with Crippen molar-refractivity contribution in [3.05, 3.63) is 0 Å². The molecule has 2 N–H and O–H groups in total. The number of ether oxygens (including phenoxy) is 2. The summed E-state index contributed by atoms with van der Waals surface area (Å²) in [4.78, 5) is 0. The van der Waals surface area contributed by atoms with Crippen LogP contribution in [0.4, 0.5) is 0 Å². The Bertz CT molecular complexity index is 104. The minimum absolute atomic E-state index is 0.107. The van der Waals surface area contributed by atoms with Crippen LogP contribution in [0, 0.1) is 5.92 Å². The van der Waals surface area contributed by atoms with Gasteiger partial charge in [0.25, 0.3) is 0 Å². The summed E-state index contributed by atoms with van der Waals surface area (Å²) in [5.74, 6) is -0.162. The predicted octanol–water partition coefficient (Wildman–Crippen LogP) is -0.0169. The molecule has 0 saturated heterocycles. The predicted molar refractivity (Wildman–Crippen MR) is 44.7 cm³/mol. The molecule has 0 aromatic heterocycles. The molecular weight excluding hydrogens is 160 g/mol. The van der Waals surface area contributed by atoms with Crippen LogP contribution in [0.5, 0.6) is 0 Å². The van der Waals surface area contributed by atoms with E-state index in [-0.39, 0.29) is 12.0 Å². The van der Waals surface area contributed by atoms with E-state index in [0.29, 0.717) is 0 Å². The zero-order chi connectivity index (χ0) is 9.72. The minimum atomic E-state index is -1.14. The Kier molecular flexibility index (Phi) is 5.41. The Morgan fingerprint density at radius 2 is 1.50 bits per heavy atom. The van der Waals surface area contributed by atoms with Crippen molar-refractivity contribution in [1.29, 1.82) is 0 Å². The summed E-state index contributed by atoms with van der Waals surface area (Å²) in [5, 5.41) is 18.5. The van der Waals surface area contributed by atoms with E-state index in [9.17, 15) is 5.11 Å². The van der Waals surface area contributed by atoms with Crippen molar-refractivity contribution in [3.63, 3.8) is 0 Å². The molecule has 0 aliphatic rings. The van der Waals surface area contributed by atoms with E-state index >= 15 is 0 Å². The van der Waals surface area contributed by atoms with E-state index in [1.807, 2.05) is 6.92 Å². The van der Waals surface area contributed by atoms with Gasteiger partial charge in [0.05, 0.1) is 6.10 Å². The standard InChI is InChI=1S/C8H18O4/c1-5(6(2)11-3)7(9)8(10)12-4/h5-10H,1-4H3. The highest BCUT2D eigenvalue weighted by Crippen LogP contribution is 2.14. The lowest BCUT2D eigenvalue weighted by atomic mass is 9.99. The summed E-state index contributed by atoms with van der Waals surface area (Å²) < 4.78 is 9.58. The molecule has 4 heteroatoms. The number of hydrogen-bond donors (Lipinski definition) is 2. The van der Waals surface area contributed by atoms with Crippen molar-refractivity contribution < 1.29 is 19.7 Å². The number of rotatable bonds is 5. The van der Waals surface area contributed by atoms with Crippen LogP contribution >= 0.6 is 0 Å². The average Bonchev–Trinajstić information content (AvgIpc) is 2.12. The third-order valence-electron chi connectivity index (χ3n) is 2.18. The number of methoxy groups -OCH3 is 2. The second-order valence-corrected chi connectivity index (χ2v) is 2.92. The van der Waals surface area contributed by atoms with Crippen molar-refractivity contribution in [3.8, 4) is 0 Å². The Morgan fingerprint density at radius 3 is 1.83 bits per heavy atom. The second-order valence-electron chi connectivity index (χ2n) is 2.92. The van der Waals surface area contributed by atoms with E-state index in [1.165, 1.54) is 7.11 Å². The van der Waals surface area contributed by atoms with E-state index in [1.54, 1.807) is 14.0 Å². The summed E-state index contributed by atoms with van der Waals surface area (Å²) >= 11 is 0. The Labute approximate surface area is 73.1 Å². The summed E-state index contributed by atoms with van der Waals surface area (Å²) in [7, 11) is 2.91. The van der Waals surface area contributed by atoms with Gasteiger partial charge in [0.15, 0.2) is 6.29 Å². The van der Waals surface area contributed by atoms with Crippen LogP contribution in [0.1, 0.15) is 13.8 Å². The first kappa shape index (κ1) is 11.8. The van der Waals surface area contributed by atoms with Crippen molar-refractivity contribution in [2.75, 3.05) is 14.2 Å². The third-order valence-corrected chi connectivity index (χ3v) is 2.18. The highest BCUT2D eigenvalue weighted by Gasteiger charge is 2.26. The number of aliphatic hydroxyl groups excluding tert-OH is 2. The highest BCUT2D eigenvalue weighted by molar-refractivity contribution is 4.71. The first-order valence-electron chi connectivity index (χ1n) is 3.96. The molecule has 0 bridgehead atoms. The Hall–Kier alpha value is -0.160. The van der Waals surface area contributed by atoms with Crippen molar-refractivity contribution in [1.82, 2.24) is 0 Å². The van der Waals surface area contributed by atoms with Gasteiger partial charge in [-0.15, -0.1) is 0 Å². The van der Waals surface area contributed by atoms with Crippen molar-refractivity contribution in [2.24, 2.45) is 5.92 Å². The Morgan fingerprint density at radius 1 is 1.00 bits per heavy atom. The van der Waals surface area contributed by atoms with Gasteiger partial charge in [0.1, 0.15) is 6.10 Å². The molecule has 12 heavy (non-hydrogen) atoms. The first-order chi connectivity index (χ1) is 5.54. The van der Waals surface area contributed by atoms with Gasteiger partial charge in [0.2, 0.25) is 0 Å². The molecule has 4 nitrogen and oxygen atoms in total. The molecule has 0 radical (unpaired) electrons.